The van der Waals surface area contributed by atoms with Crippen LogP contribution in [0.3, 0.4) is 0 Å². The Morgan fingerprint density at radius 1 is 1.47 bits per heavy atom. The average Bonchev–Trinajstić information content (AvgIpc) is 2.19. The Hall–Kier alpha value is -2.15. The minimum absolute atomic E-state index is 0.262. The van der Waals surface area contributed by atoms with Crippen LogP contribution in [0, 0.1) is 10.1 Å². The molecular formula is C8H10N2O5. The molecule has 7 heteroatoms. The molecule has 15 heavy (non-hydrogen) atoms. The Labute approximate surface area is 84.9 Å². The lowest BCUT2D eigenvalue weighted by Gasteiger charge is -1.91. The number of para-hydroxylation sites is 2. The molecule has 0 radical (unpaired) electrons. The van der Waals surface area contributed by atoms with Crippen LogP contribution in [0.25, 0.3) is 0 Å². The first-order valence-electron chi connectivity index (χ1n) is 3.83. The first kappa shape index (κ1) is 12.8. The monoisotopic (exact) mass is 214 g/mol. The summed E-state index contributed by atoms with van der Waals surface area (Å²) in [6.45, 7) is -0.278. The van der Waals surface area contributed by atoms with Crippen molar-refractivity contribution in [3.05, 3.63) is 34.4 Å². The van der Waals surface area contributed by atoms with Crippen LogP contribution in [0.1, 0.15) is 0 Å². The number of nitro benzene ring substituents is 1. The number of hydrogen-bond acceptors (Lipinski definition) is 5. The van der Waals surface area contributed by atoms with Gasteiger partial charge in [0.1, 0.15) is 0 Å². The van der Waals surface area contributed by atoms with E-state index in [4.69, 9.17) is 10.2 Å². The van der Waals surface area contributed by atoms with Crippen LogP contribution in [-0.2, 0) is 4.79 Å². The quantitative estimate of drug-likeness (QED) is 0.481. The maximum atomic E-state index is 10.1. The fourth-order valence-electron chi connectivity index (χ4n) is 0.619. The van der Waals surface area contributed by atoms with E-state index < -0.39 is 10.9 Å². The second-order valence-electron chi connectivity index (χ2n) is 2.34. The maximum Gasteiger partial charge on any atom is 0.317 e. The number of carboxylic acid groups (broad SMARTS) is 1. The summed E-state index contributed by atoms with van der Waals surface area (Å²) in [5.41, 5.74) is 4.31. The lowest BCUT2D eigenvalue weighted by atomic mass is 10.3. The first-order valence-corrected chi connectivity index (χ1v) is 3.83. The van der Waals surface area contributed by atoms with E-state index >= 15 is 0 Å². The summed E-state index contributed by atoms with van der Waals surface area (Å²) in [6, 6.07) is 5.55. The molecule has 4 N–H and O–H groups in total. The van der Waals surface area contributed by atoms with Gasteiger partial charge in [0.15, 0.2) is 5.75 Å². The third-order valence-electron chi connectivity index (χ3n) is 1.25. The van der Waals surface area contributed by atoms with E-state index in [1.54, 1.807) is 0 Å². The number of aromatic hydroxyl groups is 1. The molecular weight excluding hydrogens is 204 g/mol. The summed E-state index contributed by atoms with van der Waals surface area (Å²) in [5.74, 6) is -1.27. The lowest BCUT2D eigenvalue weighted by Crippen LogP contribution is -2.10. The highest BCUT2D eigenvalue weighted by molar-refractivity contribution is 5.68. The predicted octanol–water partition coefficient (Wildman–Crippen LogP) is 0.330. The van der Waals surface area contributed by atoms with Gasteiger partial charge in [-0.1, -0.05) is 12.1 Å². The van der Waals surface area contributed by atoms with Gasteiger partial charge in [-0.3, -0.25) is 14.9 Å². The molecule has 0 bridgehead atoms. The standard InChI is InChI=1S/C6H5NO3.C2H5NO2/c8-6-4-2-1-3-5(6)7(9)10;3-1-2(4)5/h1-4,8H;1,3H2,(H,4,5). The molecule has 1 aromatic rings. The van der Waals surface area contributed by atoms with Crippen molar-refractivity contribution >= 4 is 11.7 Å². The largest absolute Gasteiger partial charge is 0.502 e. The van der Waals surface area contributed by atoms with E-state index in [1.807, 2.05) is 0 Å². The van der Waals surface area contributed by atoms with Crippen molar-refractivity contribution in [1.29, 1.82) is 0 Å². The highest BCUT2D eigenvalue weighted by atomic mass is 16.6. The fraction of sp³-hybridized carbons (Fsp3) is 0.125. The number of carbonyl (C=O) groups is 1. The minimum atomic E-state index is -0.968. The number of phenolic OH excluding ortho intramolecular Hbond substituents is 1. The molecule has 0 saturated heterocycles. The van der Waals surface area contributed by atoms with E-state index in [9.17, 15) is 14.9 Å². The van der Waals surface area contributed by atoms with Gasteiger partial charge in [0, 0.05) is 6.07 Å². The highest BCUT2D eigenvalue weighted by Crippen LogP contribution is 2.23. The number of carboxylic acids is 1. The normalized spacial score (nSPS) is 8.60. The smallest absolute Gasteiger partial charge is 0.317 e. The van der Waals surface area contributed by atoms with Crippen LogP contribution in [0.15, 0.2) is 24.3 Å². The topological polar surface area (TPSA) is 127 Å². The number of phenols is 1. The highest BCUT2D eigenvalue weighted by Gasteiger charge is 2.09. The van der Waals surface area contributed by atoms with Crippen LogP contribution < -0.4 is 5.73 Å². The van der Waals surface area contributed by atoms with E-state index in [0.29, 0.717) is 0 Å². The number of nitrogens with two attached hydrogens (primary N) is 1. The number of benzene rings is 1. The van der Waals surface area contributed by atoms with Crippen molar-refractivity contribution in [2.24, 2.45) is 5.73 Å². The summed E-state index contributed by atoms with van der Waals surface area (Å²) in [5, 5.41) is 26.5. The molecule has 0 aliphatic carbocycles. The molecule has 0 heterocycles. The third kappa shape index (κ3) is 5.21. The van der Waals surface area contributed by atoms with Crippen LogP contribution >= 0.6 is 0 Å². The van der Waals surface area contributed by atoms with Gasteiger partial charge >= 0.3 is 11.7 Å². The third-order valence-corrected chi connectivity index (χ3v) is 1.25. The van der Waals surface area contributed by atoms with Crippen LogP contribution in [0.2, 0.25) is 0 Å². The second kappa shape index (κ2) is 6.33. The summed E-state index contributed by atoms with van der Waals surface area (Å²) in [6.07, 6.45) is 0. The first-order chi connectivity index (χ1) is 6.99. The number of nitro groups is 1. The van der Waals surface area contributed by atoms with Gasteiger partial charge in [-0.05, 0) is 6.07 Å². The fourth-order valence-corrected chi connectivity index (χ4v) is 0.619. The van der Waals surface area contributed by atoms with E-state index in [0.717, 1.165) is 0 Å². The van der Waals surface area contributed by atoms with Crippen molar-refractivity contribution < 1.29 is 19.9 Å². The van der Waals surface area contributed by atoms with Crippen molar-refractivity contribution in [3.8, 4) is 5.75 Å². The summed E-state index contributed by atoms with van der Waals surface area (Å²) < 4.78 is 0. The molecule has 0 spiro atoms. The molecule has 1 rings (SSSR count). The van der Waals surface area contributed by atoms with Gasteiger partial charge in [0.05, 0.1) is 11.5 Å². The minimum Gasteiger partial charge on any atom is -0.502 e. The number of nitrogens with zero attached hydrogens (tertiary/aromatic N) is 1. The molecule has 0 saturated carbocycles. The van der Waals surface area contributed by atoms with Gasteiger partial charge in [-0.2, -0.15) is 0 Å². The van der Waals surface area contributed by atoms with Crippen LogP contribution in [-0.4, -0.2) is 27.7 Å². The Balaban J connectivity index is 0.000000336. The molecule has 1 aromatic carbocycles. The molecule has 0 aliphatic rings. The van der Waals surface area contributed by atoms with Gasteiger partial charge in [0.2, 0.25) is 0 Å². The van der Waals surface area contributed by atoms with Crippen molar-refractivity contribution in [3.63, 3.8) is 0 Å². The number of hydrogen-bond donors (Lipinski definition) is 3. The molecule has 0 fully saturated rings. The molecule has 7 nitrogen and oxygen atoms in total. The molecule has 0 unspecified atom stereocenters. The number of aliphatic carboxylic acids is 1. The molecule has 82 valence electrons. The van der Waals surface area contributed by atoms with Gasteiger partial charge in [-0.25, -0.2) is 0 Å². The van der Waals surface area contributed by atoms with Crippen molar-refractivity contribution in [1.82, 2.24) is 0 Å². The van der Waals surface area contributed by atoms with E-state index in [-0.39, 0.29) is 18.0 Å². The van der Waals surface area contributed by atoms with Gasteiger partial charge in [-0.15, -0.1) is 0 Å². The molecule has 0 aliphatic heterocycles. The van der Waals surface area contributed by atoms with Crippen molar-refractivity contribution in [2.75, 3.05) is 6.54 Å². The van der Waals surface area contributed by atoms with Gasteiger partial charge in [0.25, 0.3) is 0 Å². The Morgan fingerprint density at radius 3 is 2.20 bits per heavy atom. The summed E-state index contributed by atoms with van der Waals surface area (Å²) >= 11 is 0. The average molecular weight is 214 g/mol. The zero-order chi connectivity index (χ0) is 11.8. The summed E-state index contributed by atoms with van der Waals surface area (Å²) in [7, 11) is 0. The zero-order valence-electron chi connectivity index (χ0n) is 7.66. The van der Waals surface area contributed by atoms with E-state index in [2.05, 4.69) is 5.73 Å². The van der Waals surface area contributed by atoms with Crippen molar-refractivity contribution in [2.45, 2.75) is 0 Å². The Bertz CT molecular complexity index is 353. The van der Waals surface area contributed by atoms with Gasteiger partial charge < -0.3 is 15.9 Å². The second-order valence-corrected chi connectivity index (χ2v) is 2.34. The molecule has 0 amide bonds. The van der Waals surface area contributed by atoms with E-state index in [1.165, 1.54) is 24.3 Å². The predicted molar refractivity (Wildman–Crippen MR) is 51.5 cm³/mol. The molecule has 0 aromatic heterocycles. The maximum absolute atomic E-state index is 10.1. The molecule has 0 atom stereocenters. The number of rotatable bonds is 2. The Morgan fingerprint density at radius 2 is 1.93 bits per heavy atom. The van der Waals surface area contributed by atoms with Crippen LogP contribution in [0.5, 0.6) is 5.75 Å². The zero-order valence-corrected chi connectivity index (χ0v) is 7.66. The Kier molecular flexibility index (Phi) is 5.42. The summed E-state index contributed by atoms with van der Waals surface area (Å²) in [4.78, 5) is 18.7. The lowest BCUT2D eigenvalue weighted by molar-refractivity contribution is -0.385. The SMILES string of the molecule is NCC(=O)O.O=[N+]([O-])c1ccccc1O. The van der Waals surface area contributed by atoms with Crippen LogP contribution in [0.4, 0.5) is 5.69 Å².